The summed E-state index contributed by atoms with van der Waals surface area (Å²) in [7, 11) is 1.81. The lowest BCUT2D eigenvalue weighted by Crippen LogP contribution is -2.48. The highest BCUT2D eigenvalue weighted by Gasteiger charge is 2.34. The SMILES string of the molecule is CC[C@@H](C(=O)N(C)C[C@@H]1OCCc2ccccc21)N1CCCC1=O. The summed E-state index contributed by atoms with van der Waals surface area (Å²) in [6.45, 7) is 3.87. The van der Waals surface area contributed by atoms with Gasteiger partial charge in [0, 0.05) is 20.0 Å². The molecule has 0 saturated carbocycles. The number of nitrogens with zero attached hydrogens (tertiary/aromatic N) is 2. The summed E-state index contributed by atoms with van der Waals surface area (Å²) in [5.74, 6) is 0.113. The van der Waals surface area contributed by atoms with Crippen LogP contribution in [0.1, 0.15) is 43.4 Å². The van der Waals surface area contributed by atoms with E-state index in [9.17, 15) is 9.59 Å². The van der Waals surface area contributed by atoms with E-state index in [1.807, 2.05) is 26.1 Å². The molecule has 0 aromatic heterocycles. The number of benzene rings is 1. The van der Waals surface area contributed by atoms with Crippen molar-refractivity contribution in [3.8, 4) is 0 Å². The van der Waals surface area contributed by atoms with Crippen LogP contribution in [0.5, 0.6) is 0 Å². The van der Waals surface area contributed by atoms with Gasteiger partial charge in [-0.15, -0.1) is 0 Å². The molecule has 0 spiro atoms. The number of carbonyl (C=O) groups is 2. The molecule has 3 rings (SSSR count). The smallest absolute Gasteiger partial charge is 0.245 e. The zero-order chi connectivity index (χ0) is 17.1. The molecule has 1 aromatic carbocycles. The Labute approximate surface area is 143 Å². The molecule has 0 unspecified atom stereocenters. The normalized spacial score (nSPS) is 21.5. The number of ether oxygens (including phenoxy) is 1. The van der Waals surface area contributed by atoms with Crippen LogP contribution in [0.15, 0.2) is 24.3 Å². The summed E-state index contributed by atoms with van der Waals surface area (Å²) in [5, 5.41) is 0. The van der Waals surface area contributed by atoms with E-state index >= 15 is 0 Å². The third-order valence-corrected chi connectivity index (χ3v) is 5.07. The fourth-order valence-electron chi connectivity index (χ4n) is 3.75. The van der Waals surface area contributed by atoms with Crippen LogP contribution in [0.2, 0.25) is 0 Å². The van der Waals surface area contributed by atoms with Gasteiger partial charge in [0.15, 0.2) is 0 Å². The highest BCUT2D eigenvalue weighted by molar-refractivity contribution is 5.88. The minimum atomic E-state index is -0.344. The Balaban J connectivity index is 1.69. The second kappa shape index (κ2) is 7.34. The zero-order valence-corrected chi connectivity index (χ0v) is 14.5. The van der Waals surface area contributed by atoms with E-state index in [0.29, 0.717) is 32.5 Å². The molecule has 24 heavy (non-hydrogen) atoms. The monoisotopic (exact) mass is 330 g/mol. The van der Waals surface area contributed by atoms with Crippen molar-refractivity contribution in [1.82, 2.24) is 9.80 Å². The molecule has 5 nitrogen and oxygen atoms in total. The Morgan fingerprint density at radius 1 is 1.38 bits per heavy atom. The molecule has 0 radical (unpaired) electrons. The first kappa shape index (κ1) is 17.0. The highest BCUT2D eigenvalue weighted by Crippen LogP contribution is 2.28. The standard InChI is InChI=1S/C19H26N2O3/c1-3-16(21-11-6-9-18(21)22)19(23)20(2)13-17-15-8-5-4-7-14(15)10-12-24-17/h4-5,7-8,16-17H,3,6,9-13H2,1-2H3/t16-,17-/m0/s1. The first-order chi connectivity index (χ1) is 11.6. The van der Waals surface area contributed by atoms with E-state index < -0.39 is 0 Å². The van der Waals surface area contributed by atoms with Gasteiger partial charge in [-0.3, -0.25) is 9.59 Å². The predicted molar refractivity (Wildman–Crippen MR) is 91.5 cm³/mol. The molecule has 1 saturated heterocycles. The van der Waals surface area contributed by atoms with E-state index in [4.69, 9.17) is 4.74 Å². The van der Waals surface area contributed by atoms with Gasteiger partial charge in [-0.1, -0.05) is 31.2 Å². The van der Waals surface area contributed by atoms with E-state index in [-0.39, 0.29) is 24.0 Å². The van der Waals surface area contributed by atoms with Crippen molar-refractivity contribution in [3.05, 3.63) is 35.4 Å². The van der Waals surface area contributed by atoms with Gasteiger partial charge in [0.05, 0.1) is 13.2 Å². The Morgan fingerprint density at radius 2 is 2.17 bits per heavy atom. The van der Waals surface area contributed by atoms with Crippen molar-refractivity contribution >= 4 is 11.8 Å². The van der Waals surface area contributed by atoms with E-state index in [1.54, 1.807) is 9.80 Å². The Bertz CT molecular complexity index is 616. The van der Waals surface area contributed by atoms with Crippen molar-refractivity contribution < 1.29 is 14.3 Å². The molecule has 0 bridgehead atoms. The summed E-state index contributed by atoms with van der Waals surface area (Å²) in [4.78, 5) is 28.3. The Hall–Kier alpha value is -1.88. The number of carbonyl (C=O) groups excluding carboxylic acids is 2. The lowest BCUT2D eigenvalue weighted by atomic mass is 9.97. The molecule has 1 aromatic rings. The number of hydrogen-bond acceptors (Lipinski definition) is 3. The van der Waals surface area contributed by atoms with Crippen LogP contribution in [0.4, 0.5) is 0 Å². The van der Waals surface area contributed by atoms with E-state index in [2.05, 4.69) is 12.1 Å². The second-order valence-electron chi connectivity index (χ2n) is 6.64. The average molecular weight is 330 g/mol. The minimum absolute atomic E-state index is 0.0133. The van der Waals surface area contributed by atoms with Crippen molar-refractivity contribution in [2.75, 3.05) is 26.7 Å². The van der Waals surface area contributed by atoms with Gasteiger partial charge in [0.2, 0.25) is 11.8 Å². The number of fused-ring (bicyclic) bond motifs is 1. The van der Waals surface area contributed by atoms with E-state index in [1.165, 1.54) is 11.1 Å². The lowest BCUT2D eigenvalue weighted by Gasteiger charge is -2.33. The summed E-state index contributed by atoms with van der Waals surface area (Å²) in [5.41, 5.74) is 2.48. The number of likely N-dealkylation sites (tertiary alicyclic amines) is 1. The van der Waals surface area contributed by atoms with Gasteiger partial charge in [0.25, 0.3) is 0 Å². The first-order valence-electron chi connectivity index (χ1n) is 8.85. The summed E-state index contributed by atoms with van der Waals surface area (Å²) in [6, 6.07) is 7.93. The first-order valence-corrected chi connectivity index (χ1v) is 8.85. The molecule has 1 fully saturated rings. The third-order valence-electron chi connectivity index (χ3n) is 5.07. The second-order valence-corrected chi connectivity index (χ2v) is 6.64. The van der Waals surface area contributed by atoms with Gasteiger partial charge in [-0.05, 0) is 30.4 Å². The van der Waals surface area contributed by atoms with Gasteiger partial charge in [-0.25, -0.2) is 0 Å². The summed E-state index contributed by atoms with van der Waals surface area (Å²) < 4.78 is 5.91. The molecular formula is C19H26N2O3. The fraction of sp³-hybridized carbons (Fsp3) is 0.579. The largest absolute Gasteiger partial charge is 0.371 e. The quantitative estimate of drug-likeness (QED) is 0.831. The lowest BCUT2D eigenvalue weighted by molar-refractivity contribution is -0.144. The van der Waals surface area contributed by atoms with Crippen LogP contribution < -0.4 is 0 Å². The van der Waals surface area contributed by atoms with Crippen LogP contribution in [-0.2, 0) is 20.7 Å². The molecule has 2 aliphatic heterocycles. The number of rotatable bonds is 5. The van der Waals surface area contributed by atoms with Gasteiger partial charge >= 0.3 is 0 Å². The van der Waals surface area contributed by atoms with Crippen LogP contribution in [-0.4, -0.2) is 54.4 Å². The van der Waals surface area contributed by atoms with Gasteiger partial charge < -0.3 is 14.5 Å². The van der Waals surface area contributed by atoms with E-state index in [0.717, 1.165) is 12.8 Å². The predicted octanol–water partition coefficient (Wildman–Crippen LogP) is 2.16. The molecule has 0 aliphatic carbocycles. The van der Waals surface area contributed by atoms with Crippen LogP contribution in [0.25, 0.3) is 0 Å². The maximum atomic E-state index is 12.9. The van der Waals surface area contributed by atoms with Gasteiger partial charge in [-0.2, -0.15) is 0 Å². The number of amides is 2. The highest BCUT2D eigenvalue weighted by atomic mass is 16.5. The molecule has 2 heterocycles. The molecule has 2 amide bonds. The number of hydrogen-bond donors (Lipinski definition) is 0. The molecular weight excluding hydrogens is 304 g/mol. The molecule has 2 atom stereocenters. The Kier molecular flexibility index (Phi) is 5.19. The van der Waals surface area contributed by atoms with Crippen LogP contribution >= 0.6 is 0 Å². The van der Waals surface area contributed by atoms with Crippen molar-refractivity contribution in [1.29, 1.82) is 0 Å². The average Bonchev–Trinajstić information content (AvgIpc) is 3.02. The third kappa shape index (κ3) is 3.31. The van der Waals surface area contributed by atoms with Gasteiger partial charge in [0.1, 0.15) is 12.1 Å². The molecule has 130 valence electrons. The minimum Gasteiger partial charge on any atom is -0.371 e. The molecule has 2 aliphatic rings. The molecule has 5 heteroatoms. The maximum absolute atomic E-state index is 12.9. The fourth-order valence-corrected chi connectivity index (χ4v) is 3.75. The van der Waals surface area contributed by atoms with Crippen molar-refractivity contribution in [2.45, 2.75) is 44.8 Å². The number of likely N-dealkylation sites (N-methyl/N-ethyl adjacent to an activating group) is 1. The summed E-state index contributed by atoms with van der Waals surface area (Å²) >= 11 is 0. The van der Waals surface area contributed by atoms with Crippen molar-refractivity contribution in [2.24, 2.45) is 0 Å². The molecule has 0 N–H and O–H groups in total. The van der Waals surface area contributed by atoms with Crippen LogP contribution in [0.3, 0.4) is 0 Å². The summed E-state index contributed by atoms with van der Waals surface area (Å²) in [6.07, 6.45) is 2.90. The van der Waals surface area contributed by atoms with Crippen molar-refractivity contribution in [3.63, 3.8) is 0 Å². The topological polar surface area (TPSA) is 49.9 Å². The maximum Gasteiger partial charge on any atom is 0.245 e. The Morgan fingerprint density at radius 3 is 2.88 bits per heavy atom. The zero-order valence-electron chi connectivity index (χ0n) is 14.5. The van der Waals surface area contributed by atoms with Crippen LogP contribution in [0, 0.1) is 0 Å².